The highest BCUT2D eigenvalue weighted by Gasteiger charge is 2.35. The van der Waals surface area contributed by atoms with Crippen LogP contribution in [0.15, 0.2) is 30.3 Å². The number of rotatable bonds is 8. The molecule has 3 heterocycles. The van der Waals surface area contributed by atoms with Gasteiger partial charge >= 0.3 is 0 Å². The van der Waals surface area contributed by atoms with E-state index in [-0.39, 0.29) is 23.8 Å². The van der Waals surface area contributed by atoms with Gasteiger partial charge in [0.05, 0.1) is 6.04 Å². The van der Waals surface area contributed by atoms with E-state index in [9.17, 15) is 9.59 Å². The van der Waals surface area contributed by atoms with Gasteiger partial charge in [0.25, 0.3) is 5.91 Å². The van der Waals surface area contributed by atoms with Crippen LogP contribution in [-0.2, 0) is 11.3 Å². The van der Waals surface area contributed by atoms with E-state index in [4.69, 9.17) is 10.7 Å². The largest absolute Gasteiger partial charge is 0.365 e. The van der Waals surface area contributed by atoms with Gasteiger partial charge in [-0.2, -0.15) is 4.98 Å². The number of fused-ring (bicyclic) bond motifs is 1. The second-order valence-electron chi connectivity index (χ2n) is 12.8. The van der Waals surface area contributed by atoms with Gasteiger partial charge in [-0.05, 0) is 55.9 Å². The summed E-state index contributed by atoms with van der Waals surface area (Å²) in [6, 6.07) is 10.5. The van der Waals surface area contributed by atoms with E-state index in [1.807, 2.05) is 23.1 Å². The Kier molecular flexibility index (Phi) is 8.05. The fourth-order valence-corrected chi connectivity index (χ4v) is 6.94. The van der Waals surface area contributed by atoms with Crippen molar-refractivity contribution < 1.29 is 9.59 Å². The molecular weight excluding hydrogens is 528 g/mol. The minimum absolute atomic E-state index is 0.0190. The van der Waals surface area contributed by atoms with Crippen LogP contribution in [0.4, 0.5) is 11.8 Å². The lowest BCUT2D eigenvalue weighted by Gasteiger charge is -2.42. The molecule has 2 aliphatic carbocycles. The average Bonchev–Trinajstić information content (AvgIpc) is 3.31. The Bertz CT molecular complexity index is 1430. The summed E-state index contributed by atoms with van der Waals surface area (Å²) in [6.45, 7) is 8.81. The number of aromatic nitrogens is 4. The molecule has 3 aliphatic rings. The summed E-state index contributed by atoms with van der Waals surface area (Å²) in [7, 11) is 0. The molecule has 1 aromatic carbocycles. The molecule has 2 atom stereocenters. The maximum absolute atomic E-state index is 12.5. The van der Waals surface area contributed by atoms with Crippen molar-refractivity contribution in [2.75, 3.05) is 29.9 Å². The summed E-state index contributed by atoms with van der Waals surface area (Å²) >= 11 is 0. The van der Waals surface area contributed by atoms with Crippen LogP contribution in [-0.4, -0.2) is 61.9 Å². The molecule has 224 valence electrons. The van der Waals surface area contributed by atoms with E-state index in [1.165, 1.54) is 44.9 Å². The van der Waals surface area contributed by atoms with E-state index in [0.717, 1.165) is 29.5 Å². The Balaban J connectivity index is 1.48. The lowest BCUT2D eigenvalue weighted by Crippen LogP contribution is -2.50. The molecule has 2 aromatic heterocycles. The first-order valence-electron chi connectivity index (χ1n) is 15.7. The molecule has 6 rings (SSSR count). The molecule has 10 nitrogen and oxygen atoms in total. The molecule has 1 aliphatic heterocycles. The molecule has 3 fully saturated rings. The number of primary amides is 1. The lowest BCUT2D eigenvalue weighted by atomic mass is 9.80. The number of amides is 2. The van der Waals surface area contributed by atoms with Crippen molar-refractivity contribution in [3.63, 3.8) is 0 Å². The van der Waals surface area contributed by atoms with E-state index < -0.39 is 5.91 Å². The molecular formula is C32H44N8O2. The third kappa shape index (κ3) is 5.68. The molecule has 1 saturated heterocycles. The van der Waals surface area contributed by atoms with Gasteiger partial charge in [0, 0.05) is 39.1 Å². The number of imidazole rings is 1. The predicted octanol–water partition coefficient (Wildman–Crippen LogP) is 4.76. The van der Waals surface area contributed by atoms with Gasteiger partial charge in [0.1, 0.15) is 5.52 Å². The molecule has 3 aromatic rings. The van der Waals surface area contributed by atoms with Crippen LogP contribution in [0.1, 0.15) is 87.9 Å². The third-order valence-electron chi connectivity index (χ3n) is 9.87. The zero-order valence-electron chi connectivity index (χ0n) is 25.1. The normalized spacial score (nSPS) is 23.9. The second kappa shape index (κ2) is 11.9. The van der Waals surface area contributed by atoms with Gasteiger partial charge < -0.3 is 25.4 Å². The summed E-state index contributed by atoms with van der Waals surface area (Å²) in [4.78, 5) is 43.5. The maximum atomic E-state index is 12.5. The van der Waals surface area contributed by atoms with Crippen LogP contribution in [0, 0.1) is 17.8 Å². The Morgan fingerprint density at radius 2 is 1.76 bits per heavy atom. The van der Waals surface area contributed by atoms with Gasteiger partial charge in [-0.3, -0.25) is 9.59 Å². The summed E-state index contributed by atoms with van der Waals surface area (Å²) in [5.74, 6) is 2.69. The quantitative estimate of drug-likeness (QED) is 0.399. The van der Waals surface area contributed by atoms with Gasteiger partial charge in [-0.25, -0.2) is 9.97 Å². The van der Waals surface area contributed by atoms with E-state index in [0.29, 0.717) is 42.9 Å². The highest BCUT2D eigenvalue weighted by molar-refractivity contribution is 5.94. The number of piperazine rings is 1. The number of benzene rings is 1. The number of hydrogen-bond acceptors (Lipinski definition) is 7. The van der Waals surface area contributed by atoms with Crippen LogP contribution < -0.4 is 16.0 Å². The number of nitrogens with two attached hydrogens (primary N) is 1. The molecule has 3 N–H and O–H groups in total. The lowest BCUT2D eigenvalue weighted by molar-refractivity contribution is -0.129. The highest BCUT2D eigenvalue weighted by atomic mass is 16.2. The second-order valence-corrected chi connectivity index (χ2v) is 12.8. The Hall–Kier alpha value is -3.69. The minimum Gasteiger partial charge on any atom is -0.365 e. The van der Waals surface area contributed by atoms with Crippen LogP contribution in [0.2, 0.25) is 0 Å². The topological polar surface area (TPSA) is 122 Å². The average molecular weight is 573 g/mol. The number of carbonyl (C=O) groups excluding carboxylic acids is 2. The molecule has 0 bridgehead atoms. The summed E-state index contributed by atoms with van der Waals surface area (Å²) in [5, 5.41) is 3.66. The van der Waals surface area contributed by atoms with Gasteiger partial charge in [0.2, 0.25) is 17.7 Å². The SMILES string of the molecule is CC(=O)N1CCN(c2nc3nc(C(N)=O)nc(NC(C)C4CCC4)c3n2CC2CCC(C)CC2)C(c2ccccc2)C1. The van der Waals surface area contributed by atoms with Crippen molar-refractivity contribution in [2.45, 2.75) is 84.3 Å². The Morgan fingerprint density at radius 1 is 1.02 bits per heavy atom. The van der Waals surface area contributed by atoms with E-state index >= 15 is 0 Å². The van der Waals surface area contributed by atoms with Crippen molar-refractivity contribution in [3.8, 4) is 0 Å². The third-order valence-corrected chi connectivity index (χ3v) is 9.87. The summed E-state index contributed by atoms with van der Waals surface area (Å²) in [6.07, 6.45) is 8.41. The van der Waals surface area contributed by atoms with Gasteiger partial charge in [-0.15, -0.1) is 0 Å². The van der Waals surface area contributed by atoms with Crippen molar-refractivity contribution >= 4 is 34.7 Å². The van der Waals surface area contributed by atoms with E-state index in [2.05, 4.69) is 50.7 Å². The fourth-order valence-electron chi connectivity index (χ4n) is 6.94. The van der Waals surface area contributed by atoms with Crippen LogP contribution in [0.25, 0.3) is 11.2 Å². The number of hydrogen-bond donors (Lipinski definition) is 2. The predicted molar refractivity (Wildman–Crippen MR) is 164 cm³/mol. The fraction of sp³-hybridized carbons (Fsp3) is 0.594. The van der Waals surface area contributed by atoms with Crippen molar-refractivity contribution in [1.82, 2.24) is 24.4 Å². The van der Waals surface area contributed by atoms with Crippen molar-refractivity contribution in [1.29, 1.82) is 0 Å². The molecule has 0 spiro atoms. The molecule has 2 saturated carbocycles. The Labute approximate surface area is 248 Å². The Morgan fingerprint density at radius 3 is 2.40 bits per heavy atom. The summed E-state index contributed by atoms with van der Waals surface area (Å²) in [5.41, 5.74) is 8.17. The standard InChI is InChI=1S/C32H44N8O2/c1-20-12-14-23(15-13-20)18-40-27-29(34-21(2)24-10-7-11-24)35-31(28(33)42)36-30(27)37-32(40)39-17-16-38(22(3)41)19-26(39)25-8-5-4-6-9-25/h4-6,8-9,20-21,23-24,26H,7,10-19H2,1-3H3,(H2,33,42)(H,34,35,36). The monoisotopic (exact) mass is 572 g/mol. The van der Waals surface area contributed by atoms with Gasteiger partial charge in [0.15, 0.2) is 11.5 Å². The van der Waals surface area contributed by atoms with Crippen molar-refractivity contribution in [2.24, 2.45) is 23.5 Å². The maximum Gasteiger partial charge on any atom is 0.286 e. The number of nitrogens with one attached hydrogen (secondary N) is 1. The first kappa shape index (κ1) is 28.4. The smallest absolute Gasteiger partial charge is 0.286 e. The zero-order chi connectivity index (χ0) is 29.4. The van der Waals surface area contributed by atoms with Crippen LogP contribution in [0.5, 0.6) is 0 Å². The zero-order valence-corrected chi connectivity index (χ0v) is 25.1. The summed E-state index contributed by atoms with van der Waals surface area (Å²) < 4.78 is 2.30. The molecule has 2 unspecified atom stereocenters. The first-order valence-corrected chi connectivity index (χ1v) is 15.7. The number of anilines is 2. The highest BCUT2D eigenvalue weighted by Crippen LogP contribution is 2.38. The number of nitrogens with zero attached hydrogens (tertiary/aromatic N) is 6. The molecule has 42 heavy (non-hydrogen) atoms. The minimum atomic E-state index is -0.661. The van der Waals surface area contributed by atoms with Crippen LogP contribution >= 0.6 is 0 Å². The van der Waals surface area contributed by atoms with Crippen LogP contribution in [0.3, 0.4) is 0 Å². The van der Waals surface area contributed by atoms with Gasteiger partial charge in [-0.1, -0.05) is 56.5 Å². The molecule has 2 amide bonds. The number of carbonyl (C=O) groups is 2. The van der Waals surface area contributed by atoms with E-state index in [1.54, 1.807) is 6.92 Å². The molecule has 10 heteroatoms. The molecule has 0 radical (unpaired) electrons. The van der Waals surface area contributed by atoms with Crippen molar-refractivity contribution in [3.05, 3.63) is 41.7 Å². The first-order chi connectivity index (χ1) is 20.3.